The van der Waals surface area contributed by atoms with Crippen LogP contribution in [0.1, 0.15) is 17.7 Å². The van der Waals surface area contributed by atoms with Crippen LogP contribution in [0.5, 0.6) is 0 Å². The van der Waals surface area contributed by atoms with Gasteiger partial charge in [-0.25, -0.2) is 4.90 Å². The number of rotatable bonds is 2. The molecule has 0 saturated carbocycles. The summed E-state index contributed by atoms with van der Waals surface area (Å²) in [7, 11) is 0. The summed E-state index contributed by atoms with van der Waals surface area (Å²) in [5.41, 5.74) is 0.0794. The first-order valence-electron chi connectivity index (χ1n) is 7.01. The lowest BCUT2D eigenvalue weighted by molar-refractivity contribution is -0.136. The van der Waals surface area contributed by atoms with Crippen molar-refractivity contribution in [2.75, 3.05) is 4.90 Å². The Kier molecular flexibility index (Phi) is 3.35. The van der Waals surface area contributed by atoms with E-state index < -0.39 is 5.60 Å². The summed E-state index contributed by atoms with van der Waals surface area (Å²) in [4.78, 5) is 32.9. The van der Waals surface area contributed by atoms with E-state index in [2.05, 4.69) is 21.1 Å². The Hall–Kier alpha value is -1.99. The van der Waals surface area contributed by atoms with Crippen molar-refractivity contribution in [3.05, 3.63) is 51.1 Å². The number of carbonyl (C=O) groups excluding carboxylic acids is 2. The third kappa shape index (κ3) is 2.31. The van der Waals surface area contributed by atoms with Gasteiger partial charge in [0.1, 0.15) is 5.71 Å². The number of hydrogen-bond acceptors (Lipinski definition) is 5. The number of carbonyl (C=O) groups is 2. The van der Waals surface area contributed by atoms with Gasteiger partial charge in [0, 0.05) is 10.9 Å². The molecule has 1 spiro atoms. The number of oxime groups is 1. The molecule has 1 atom stereocenters. The van der Waals surface area contributed by atoms with Crippen LogP contribution >= 0.6 is 27.3 Å². The fourth-order valence-corrected chi connectivity index (χ4v) is 3.80. The topological polar surface area (TPSA) is 59.0 Å². The molecule has 2 aromatic rings. The number of nitrogens with zero attached hydrogens (tertiary/aromatic N) is 2. The minimum absolute atomic E-state index is 0.0142. The van der Waals surface area contributed by atoms with Crippen LogP contribution in [0.25, 0.3) is 0 Å². The fourth-order valence-electron chi connectivity index (χ4n) is 2.83. The average molecular weight is 391 g/mol. The molecule has 4 rings (SSSR count). The van der Waals surface area contributed by atoms with Gasteiger partial charge in [-0.2, -0.15) is 0 Å². The van der Waals surface area contributed by atoms with Crippen molar-refractivity contribution in [1.29, 1.82) is 0 Å². The SMILES string of the molecule is O=C1C[C@@]2(CC(c3cccs3)=NO2)C(=O)N1c1ccc(Br)cc1. The van der Waals surface area contributed by atoms with Crippen molar-refractivity contribution < 1.29 is 14.4 Å². The highest BCUT2D eigenvalue weighted by Crippen LogP contribution is 2.39. The predicted octanol–water partition coefficient (Wildman–Crippen LogP) is 3.34. The number of thiophene rings is 1. The Labute approximate surface area is 144 Å². The third-order valence-corrected chi connectivity index (χ3v) is 5.40. The van der Waals surface area contributed by atoms with E-state index in [0.29, 0.717) is 12.1 Å². The van der Waals surface area contributed by atoms with Crippen molar-refractivity contribution in [2.45, 2.75) is 18.4 Å². The van der Waals surface area contributed by atoms with E-state index in [4.69, 9.17) is 4.84 Å². The van der Waals surface area contributed by atoms with Crippen LogP contribution in [0.4, 0.5) is 5.69 Å². The van der Waals surface area contributed by atoms with Crippen LogP contribution in [0.2, 0.25) is 0 Å². The highest BCUT2D eigenvalue weighted by molar-refractivity contribution is 9.10. The minimum Gasteiger partial charge on any atom is -0.378 e. The second kappa shape index (κ2) is 5.28. The standard InChI is InChI=1S/C16H11BrN2O3S/c17-10-3-5-11(6-4-10)19-14(20)9-16(15(19)21)8-12(18-22-16)13-2-1-7-23-13/h1-7H,8-9H2/t16-/m0/s1. The maximum atomic E-state index is 12.8. The van der Waals surface area contributed by atoms with Crippen LogP contribution in [-0.2, 0) is 14.4 Å². The number of amides is 2. The predicted molar refractivity (Wildman–Crippen MR) is 90.5 cm³/mol. The zero-order valence-electron chi connectivity index (χ0n) is 11.9. The first-order valence-corrected chi connectivity index (χ1v) is 8.68. The van der Waals surface area contributed by atoms with Gasteiger partial charge in [-0.3, -0.25) is 9.59 Å². The van der Waals surface area contributed by atoms with Crippen molar-refractivity contribution >= 4 is 50.5 Å². The van der Waals surface area contributed by atoms with Crippen LogP contribution in [0.15, 0.2) is 51.4 Å². The second-order valence-electron chi connectivity index (χ2n) is 5.47. The molecule has 0 bridgehead atoms. The first kappa shape index (κ1) is 14.6. The monoisotopic (exact) mass is 390 g/mol. The van der Waals surface area contributed by atoms with E-state index in [1.165, 1.54) is 16.2 Å². The maximum absolute atomic E-state index is 12.8. The molecule has 2 aliphatic heterocycles. The lowest BCUT2D eigenvalue weighted by Gasteiger charge is -2.19. The summed E-state index contributed by atoms with van der Waals surface area (Å²) in [5.74, 6) is -0.611. The van der Waals surface area contributed by atoms with Gasteiger partial charge in [0.25, 0.3) is 5.91 Å². The summed E-state index contributed by atoms with van der Waals surface area (Å²) >= 11 is 4.88. The molecule has 3 heterocycles. The summed E-state index contributed by atoms with van der Waals surface area (Å²) in [6.07, 6.45) is 0.339. The Morgan fingerprint density at radius 2 is 1.96 bits per heavy atom. The van der Waals surface area contributed by atoms with E-state index in [9.17, 15) is 9.59 Å². The molecule has 116 valence electrons. The van der Waals surface area contributed by atoms with Crippen molar-refractivity contribution in [1.82, 2.24) is 0 Å². The normalized spacial score (nSPS) is 23.5. The summed E-state index contributed by atoms with van der Waals surface area (Å²) in [6.45, 7) is 0. The molecule has 7 heteroatoms. The van der Waals surface area contributed by atoms with Gasteiger partial charge in [-0.15, -0.1) is 11.3 Å². The van der Waals surface area contributed by atoms with Crippen LogP contribution < -0.4 is 4.90 Å². The van der Waals surface area contributed by atoms with Crippen molar-refractivity contribution in [3.8, 4) is 0 Å². The van der Waals surface area contributed by atoms with Crippen LogP contribution in [0, 0.1) is 0 Å². The first-order chi connectivity index (χ1) is 11.1. The number of imide groups is 1. The molecule has 2 aliphatic rings. The van der Waals surface area contributed by atoms with E-state index in [1.54, 1.807) is 24.3 Å². The molecule has 23 heavy (non-hydrogen) atoms. The average Bonchev–Trinajstić information content (AvgIpc) is 3.23. The smallest absolute Gasteiger partial charge is 0.281 e. The zero-order valence-corrected chi connectivity index (χ0v) is 14.3. The van der Waals surface area contributed by atoms with E-state index >= 15 is 0 Å². The fraction of sp³-hybridized carbons (Fsp3) is 0.188. The molecule has 5 nitrogen and oxygen atoms in total. The lowest BCUT2D eigenvalue weighted by atomic mass is 9.95. The Balaban J connectivity index is 1.62. The van der Waals surface area contributed by atoms with E-state index in [1.807, 2.05) is 17.5 Å². The molecule has 2 amide bonds. The number of halogens is 1. The van der Waals surface area contributed by atoms with Gasteiger partial charge < -0.3 is 4.84 Å². The largest absolute Gasteiger partial charge is 0.378 e. The van der Waals surface area contributed by atoms with Crippen molar-refractivity contribution in [3.63, 3.8) is 0 Å². The summed E-state index contributed by atoms with van der Waals surface area (Å²) in [5, 5.41) is 6.00. The highest BCUT2D eigenvalue weighted by atomic mass is 79.9. The quantitative estimate of drug-likeness (QED) is 0.738. The highest BCUT2D eigenvalue weighted by Gasteiger charge is 2.58. The molecule has 1 saturated heterocycles. The molecule has 1 aromatic carbocycles. The maximum Gasteiger partial charge on any atom is 0.281 e. The molecule has 1 fully saturated rings. The van der Waals surface area contributed by atoms with Gasteiger partial charge in [0.05, 0.1) is 17.0 Å². The number of hydrogen-bond donors (Lipinski definition) is 0. The summed E-state index contributed by atoms with van der Waals surface area (Å²) < 4.78 is 0.885. The molecular formula is C16H11BrN2O3S. The molecule has 0 unspecified atom stereocenters. The second-order valence-corrected chi connectivity index (χ2v) is 7.33. The van der Waals surface area contributed by atoms with E-state index in [-0.39, 0.29) is 18.2 Å². The molecule has 0 aliphatic carbocycles. The van der Waals surface area contributed by atoms with Gasteiger partial charge in [0.15, 0.2) is 0 Å². The third-order valence-electron chi connectivity index (χ3n) is 3.95. The van der Waals surface area contributed by atoms with Crippen LogP contribution in [-0.4, -0.2) is 23.1 Å². The summed E-state index contributed by atoms with van der Waals surface area (Å²) in [6, 6.07) is 10.9. The number of benzene rings is 1. The van der Waals surface area contributed by atoms with Gasteiger partial charge >= 0.3 is 0 Å². The molecule has 0 N–H and O–H groups in total. The van der Waals surface area contributed by atoms with Gasteiger partial charge in [0.2, 0.25) is 11.5 Å². The van der Waals surface area contributed by atoms with E-state index in [0.717, 1.165) is 15.1 Å². The Bertz CT molecular complexity index is 816. The Morgan fingerprint density at radius 3 is 2.65 bits per heavy atom. The molecular weight excluding hydrogens is 380 g/mol. The van der Waals surface area contributed by atoms with Crippen LogP contribution in [0.3, 0.4) is 0 Å². The Morgan fingerprint density at radius 1 is 1.17 bits per heavy atom. The molecule has 0 radical (unpaired) electrons. The zero-order chi connectivity index (χ0) is 16.0. The number of anilines is 1. The van der Waals surface area contributed by atoms with Gasteiger partial charge in [-0.1, -0.05) is 27.2 Å². The van der Waals surface area contributed by atoms with Crippen molar-refractivity contribution in [2.24, 2.45) is 5.16 Å². The lowest BCUT2D eigenvalue weighted by Crippen LogP contribution is -2.40. The molecule has 1 aromatic heterocycles. The van der Waals surface area contributed by atoms with Gasteiger partial charge in [-0.05, 0) is 35.7 Å². The minimum atomic E-state index is -1.19.